The van der Waals surface area contributed by atoms with Crippen molar-refractivity contribution >= 4 is 21.8 Å². The van der Waals surface area contributed by atoms with E-state index in [4.69, 9.17) is 0 Å². The molecule has 0 saturated heterocycles. The van der Waals surface area contributed by atoms with Crippen LogP contribution in [0, 0.1) is 11.8 Å². The second kappa shape index (κ2) is 6.73. The Morgan fingerprint density at radius 1 is 1.62 bits per heavy atom. The molecule has 0 radical (unpaired) electrons. The maximum Gasteiger partial charge on any atom is 0.219 e. The van der Waals surface area contributed by atoms with Gasteiger partial charge in [-0.15, -0.1) is 11.8 Å². The Morgan fingerprint density at radius 3 is 2.62 bits per heavy atom. The third-order valence-corrected chi connectivity index (χ3v) is 1.74. The van der Waals surface area contributed by atoms with E-state index in [0.29, 0.717) is 13.1 Å². The number of hydrogen-bond acceptors (Lipinski definition) is 1. The first kappa shape index (κ1) is 12.2. The van der Waals surface area contributed by atoms with Crippen molar-refractivity contribution in [2.45, 2.75) is 20.3 Å². The van der Waals surface area contributed by atoms with Gasteiger partial charge in [-0.2, -0.15) is 0 Å². The number of nitrogens with zero attached hydrogens (tertiary/aromatic N) is 1. The van der Waals surface area contributed by atoms with Gasteiger partial charge < -0.3 is 4.90 Å². The van der Waals surface area contributed by atoms with E-state index in [1.165, 1.54) is 0 Å². The normalized spacial score (nSPS) is 8.54. The standard InChI is InChI=1S/C10H14BrNO/c1-4-5-6-7-12(10(3)13)8-9(2)11/h2,6-8H2,1,3H3. The highest BCUT2D eigenvalue weighted by molar-refractivity contribution is 9.11. The highest BCUT2D eigenvalue weighted by atomic mass is 79.9. The molecule has 0 aliphatic carbocycles. The van der Waals surface area contributed by atoms with E-state index in [1.807, 2.05) is 0 Å². The highest BCUT2D eigenvalue weighted by Crippen LogP contribution is 2.04. The van der Waals surface area contributed by atoms with Gasteiger partial charge in [0.2, 0.25) is 5.91 Å². The molecule has 0 atom stereocenters. The average Bonchev–Trinajstić information content (AvgIpc) is 2.02. The minimum Gasteiger partial charge on any atom is -0.337 e. The van der Waals surface area contributed by atoms with Crippen LogP contribution in [0.25, 0.3) is 0 Å². The number of amides is 1. The summed E-state index contributed by atoms with van der Waals surface area (Å²) >= 11 is 3.23. The molecule has 0 fully saturated rings. The minimum absolute atomic E-state index is 0.0542. The maximum atomic E-state index is 11.1. The molecule has 0 aliphatic heterocycles. The van der Waals surface area contributed by atoms with Crippen LogP contribution in [0.1, 0.15) is 20.3 Å². The second-order valence-corrected chi connectivity index (χ2v) is 3.76. The monoisotopic (exact) mass is 243 g/mol. The molecule has 0 aromatic heterocycles. The fraction of sp³-hybridized carbons (Fsp3) is 0.500. The zero-order valence-corrected chi connectivity index (χ0v) is 9.65. The van der Waals surface area contributed by atoms with Crippen LogP contribution in [0.2, 0.25) is 0 Å². The van der Waals surface area contributed by atoms with Crippen LogP contribution >= 0.6 is 15.9 Å². The van der Waals surface area contributed by atoms with Gasteiger partial charge in [-0.05, 0) is 6.92 Å². The topological polar surface area (TPSA) is 20.3 Å². The Balaban J connectivity index is 4.00. The summed E-state index contributed by atoms with van der Waals surface area (Å²) in [5, 5.41) is 0. The van der Waals surface area contributed by atoms with Crippen molar-refractivity contribution in [2.75, 3.05) is 13.1 Å². The van der Waals surface area contributed by atoms with Crippen molar-refractivity contribution < 1.29 is 4.79 Å². The molecule has 0 unspecified atom stereocenters. The third-order valence-electron chi connectivity index (χ3n) is 1.49. The molecule has 0 N–H and O–H groups in total. The Bertz CT molecular complexity index is 249. The van der Waals surface area contributed by atoms with Crippen LogP contribution in [0.5, 0.6) is 0 Å². The molecule has 0 spiro atoms. The minimum atomic E-state index is 0.0542. The Labute approximate surface area is 88.1 Å². The van der Waals surface area contributed by atoms with Gasteiger partial charge in [0.15, 0.2) is 0 Å². The van der Waals surface area contributed by atoms with Crippen LogP contribution in [0.4, 0.5) is 0 Å². The van der Waals surface area contributed by atoms with Crippen LogP contribution in [0.3, 0.4) is 0 Å². The van der Waals surface area contributed by atoms with Crippen molar-refractivity contribution in [2.24, 2.45) is 0 Å². The number of carbonyl (C=O) groups excluding carboxylic acids is 1. The molecule has 0 aromatic rings. The van der Waals surface area contributed by atoms with Gasteiger partial charge in [-0.3, -0.25) is 4.79 Å². The van der Waals surface area contributed by atoms with Crippen molar-refractivity contribution in [1.29, 1.82) is 0 Å². The quantitative estimate of drug-likeness (QED) is 0.694. The summed E-state index contributed by atoms with van der Waals surface area (Å²) in [6, 6.07) is 0. The third kappa shape index (κ3) is 6.41. The maximum absolute atomic E-state index is 11.1. The second-order valence-electron chi connectivity index (χ2n) is 2.63. The van der Waals surface area contributed by atoms with Gasteiger partial charge in [0, 0.05) is 24.4 Å². The molecule has 0 heterocycles. The van der Waals surface area contributed by atoms with E-state index in [-0.39, 0.29) is 5.91 Å². The fourth-order valence-electron chi connectivity index (χ4n) is 0.871. The fourth-order valence-corrected chi connectivity index (χ4v) is 1.17. The number of carbonyl (C=O) groups is 1. The lowest BCUT2D eigenvalue weighted by molar-refractivity contribution is -0.128. The van der Waals surface area contributed by atoms with Crippen LogP contribution in [0.15, 0.2) is 11.1 Å². The van der Waals surface area contributed by atoms with Crippen molar-refractivity contribution in [3.05, 3.63) is 11.1 Å². The molecule has 1 amide bonds. The Morgan fingerprint density at radius 2 is 2.23 bits per heavy atom. The predicted octanol–water partition coefficient (Wildman–Crippen LogP) is 2.16. The highest BCUT2D eigenvalue weighted by Gasteiger charge is 2.07. The first-order chi connectivity index (χ1) is 6.07. The lowest BCUT2D eigenvalue weighted by Gasteiger charge is -2.18. The number of halogens is 1. The van der Waals surface area contributed by atoms with Crippen molar-refractivity contribution in [3.8, 4) is 11.8 Å². The Kier molecular flexibility index (Phi) is 6.34. The van der Waals surface area contributed by atoms with Gasteiger partial charge in [-0.1, -0.05) is 22.5 Å². The predicted molar refractivity (Wildman–Crippen MR) is 58.4 cm³/mol. The molecule has 0 saturated carbocycles. The largest absolute Gasteiger partial charge is 0.337 e. The molecule has 0 bridgehead atoms. The van der Waals surface area contributed by atoms with Crippen molar-refractivity contribution in [3.63, 3.8) is 0 Å². The molecule has 0 aromatic carbocycles. The molecule has 0 rings (SSSR count). The van der Waals surface area contributed by atoms with Crippen LogP contribution in [-0.4, -0.2) is 23.9 Å². The molecule has 0 aliphatic rings. The summed E-state index contributed by atoms with van der Waals surface area (Å²) in [5.74, 6) is 5.77. The van der Waals surface area contributed by atoms with E-state index in [1.54, 1.807) is 18.7 Å². The zero-order valence-electron chi connectivity index (χ0n) is 8.06. The summed E-state index contributed by atoms with van der Waals surface area (Å²) in [7, 11) is 0. The van der Waals surface area contributed by atoms with E-state index in [2.05, 4.69) is 34.3 Å². The zero-order chi connectivity index (χ0) is 10.3. The van der Waals surface area contributed by atoms with Gasteiger partial charge in [0.1, 0.15) is 0 Å². The molecule has 13 heavy (non-hydrogen) atoms. The summed E-state index contributed by atoms with van der Waals surface area (Å²) in [6.07, 6.45) is 0.719. The van der Waals surface area contributed by atoms with Crippen LogP contribution in [-0.2, 0) is 4.79 Å². The first-order valence-corrected chi connectivity index (χ1v) is 4.85. The van der Waals surface area contributed by atoms with E-state index >= 15 is 0 Å². The van der Waals surface area contributed by atoms with E-state index < -0.39 is 0 Å². The lowest BCUT2D eigenvalue weighted by Crippen LogP contribution is -2.30. The van der Waals surface area contributed by atoms with Crippen molar-refractivity contribution in [1.82, 2.24) is 4.90 Å². The summed E-state index contributed by atoms with van der Waals surface area (Å²) in [5.41, 5.74) is 0. The lowest BCUT2D eigenvalue weighted by atomic mass is 10.3. The van der Waals surface area contributed by atoms with E-state index in [0.717, 1.165) is 10.9 Å². The van der Waals surface area contributed by atoms with Crippen LogP contribution < -0.4 is 0 Å². The summed E-state index contributed by atoms with van der Waals surface area (Å²) in [6.45, 7) is 8.26. The van der Waals surface area contributed by atoms with Gasteiger partial charge >= 0.3 is 0 Å². The Hall–Kier alpha value is -0.750. The molecule has 2 nitrogen and oxygen atoms in total. The number of hydrogen-bond donors (Lipinski definition) is 0. The van der Waals surface area contributed by atoms with Gasteiger partial charge in [0.25, 0.3) is 0 Å². The summed E-state index contributed by atoms with van der Waals surface area (Å²) < 4.78 is 0.812. The molecule has 72 valence electrons. The molecular weight excluding hydrogens is 230 g/mol. The van der Waals surface area contributed by atoms with E-state index in [9.17, 15) is 4.79 Å². The summed E-state index contributed by atoms with van der Waals surface area (Å²) in [4.78, 5) is 12.8. The first-order valence-electron chi connectivity index (χ1n) is 4.06. The van der Waals surface area contributed by atoms with Gasteiger partial charge in [0.05, 0.1) is 6.54 Å². The molecular formula is C10H14BrNO. The SMILES string of the molecule is C=C(Br)CN(CCC#CC)C(C)=O. The van der Waals surface area contributed by atoms with Gasteiger partial charge in [-0.25, -0.2) is 0 Å². The average molecular weight is 244 g/mol. The smallest absolute Gasteiger partial charge is 0.219 e. The number of rotatable bonds is 4. The molecule has 3 heteroatoms.